The summed E-state index contributed by atoms with van der Waals surface area (Å²) in [5.41, 5.74) is 24.3. The van der Waals surface area contributed by atoms with Crippen LogP contribution in [0.5, 0.6) is 0 Å². The number of hydrogen-bond donors (Lipinski definition) is 4. The number of aryl methyl sites for hydroxylation is 1. The molecule has 21 heterocycles. The molecule has 17 aromatic heterocycles. The number of fused-ring (bicyclic) bond motifs is 14. The normalized spacial score (nSPS) is 16.9. The molecule has 4 N–H and O–H groups in total. The minimum Gasteiger partial charge on any atom is -0.346 e. The average molecular weight is 1740 g/mol. The van der Waals surface area contributed by atoms with Crippen LogP contribution in [0.25, 0.3) is 156 Å². The highest BCUT2D eigenvalue weighted by atomic mass is 32.2. The Kier molecular flexibility index (Phi) is 19.8. The first kappa shape index (κ1) is 78.5. The number of aromatic nitrogens is 22. The Morgan fingerprint density at radius 1 is 0.320 bits per heavy atom. The van der Waals surface area contributed by atoms with Gasteiger partial charge >= 0.3 is 0 Å². The van der Waals surface area contributed by atoms with Crippen LogP contribution in [0.4, 0.5) is 0 Å². The highest BCUT2D eigenvalue weighted by molar-refractivity contribution is 7.92. The Morgan fingerprint density at radius 2 is 0.704 bits per heavy atom. The summed E-state index contributed by atoms with van der Waals surface area (Å²) in [5.74, 6) is 2.11. The Balaban J connectivity index is 0.000000102. The van der Waals surface area contributed by atoms with Crippen molar-refractivity contribution in [2.24, 2.45) is 0 Å². The van der Waals surface area contributed by atoms with Gasteiger partial charge in [-0.2, -0.15) is 43.6 Å². The van der Waals surface area contributed by atoms with Gasteiger partial charge in [0.25, 0.3) is 0 Å². The Labute approximate surface area is 714 Å². The maximum absolute atomic E-state index is 11.9. The third kappa shape index (κ3) is 15.1. The van der Waals surface area contributed by atoms with Crippen molar-refractivity contribution in [1.29, 1.82) is 0 Å². The molecule has 20 aromatic rings. The Morgan fingerprint density at radius 3 is 1.14 bits per heavy atom. The SMILES string of the molecule is Cc1ccc2ncc(-c3cnn4c3nc(C3CCS(=O)(=O)CC3)c3cc[nH]c34)cc2c1.O=S1(=O)CCC(c2nc3c(-c4ccc(-c5ccccc5)nc4)cnn3c3[nH]ccc23)CC1.O=S1(=O)CCC(c2nc3c(-c4ccc(-c5cccnc5)nc4)cnn3c3[nH]ncc23)CC1.O=S1(=O)CCC(c2nc3c(-c4cnc5ccccc5c4)cnn3c3[nH]ccc23)CC1. The zero-order valence-electron chi connectivity index (χ0n) is 67.4. The lowest BCUT2D eigenvalue weighted by molar-refractivity contribution is 0.545. The van der Waals surface area contributed by atoms with E-state index in [2.05, 4.69) is 102 Å². The summed E-state index contributed by atoms with van der Waals surface area (Å²) in [6.45, 7) is 2.07. The van der Waals surface area contributed by atoms with Gasteiger partial charge in [0.05, 0.1) is 128 Å². The van der Waals surface area contributed by atoms with Crippen molar-refractivity contribution < 1.29 is 33.7 Å². The van der Waals surface area contributed by atoms with E-state index in [-0.39, 0.29) is 69.7 Å². The molecule has 4 aliphatic heterocycles. The molecule has 0 aliphatic carbocycles. The molecule has 34 heteroatoms. The molecule has 0 atom stereocenters. The van der Waals surface area contributed by atoms with Gasteiger partial charge in [-0.05, 0) is 131 Å². The number of benzene rings is 3. The number of nitrogens with one attached hydrogen (secondary N) is 4. The maximum atomic E-state index is 11.9. The molecule has 4 aliphatic rings. The summed E-state index contributed by atoms with van der Waals surface area (Å²) in [6, 6.07) is 46.4. The van der Waals surface area contributed by atoms with Crippen LogP contribution >= 0.6 is 0 Å². The van der Waals surface area contributed by atoms with Crippen molar-refractivity contribution in [3.8, 4) is 67.0 Å². The van der Waals surface area contributed by atoms with E-state index < -0.39 is 39.3 Å². The standard InChI is InChI=1S/C24H21N5O2S.C23H21N5O2S.C22H19N7O2S.C22H19N5O2S/c30-32(31)12-9-17(10-13-32)22-19-8-11-25-23(19)29-24(28-22)20(15-27-29)18-6-7-21(26-14-18)16-4-2-1-3-5-16;1-14-2-3-20-16(10-14)11-17(12-25-20)19-13-26-28-22-18(4-7-24-22)21(27-23(19)28)15-5-8-31(29,30)9-6-15;30-32(31)8-5-14(6-9-32)20-18-12-25-28-22(18)29-21(27-20)17(13-26-29)15-3-4-19(24-11-15)16-2-1-7-23-10-16;28-30(29)9-6-14(7-10-30)20-17-5-8-23-21(17)27-22(26-20)18(13-25-27)16-11-15-3-1-2-4-19(15)24-12-16/h1-8,11,14-15,17,25H,9-10,12-13H2;2-4,7,10-13,15,24H,5-6,8-9H2,1H3;1-4,7,10-14H,5-6,8-9H2,(H,25,28);1-5,8,11-14,23H,6-7,9-10H2. The van der Waals surface area contributed by atoms with Crippen LogP contribution in [-0.2, 0) is 39.3 Å². The van der Waals surface area contributed by atoms with Crippen LogP contribution in [0.2, 0.25) is 0 Å². The van der Waals surface area contributed by atoms with E-state index in [9.17, 15) is 33.7 Å². The molecular formula is C91H80N22O8S4. The summed E-state index contributed by atoms with van der Waals surface area (Å²) in [6.07, 6.45) is 30.3. The number of H-pyrrole nitrogens is 4. The first-order valence-electron chi connectivity index (χ1n) is 41.4. The monoisotopic (exact) mass is 1740 g/mol. The van der Waals surface area contributed by atoms with E-state index >= 15 is 0 Å². The largest absolute Gasteiger partial charge is 0.346 e. The second-order valence-electron chi connectivity index (χ2n) is 32.5. The number of sulfone groups is 4. The first-order valence-corrected chi connectivity index (χ1v) is 48.7. The topological polar surface area (TPSA) is 398 Å². The smallest absolute Gasteiger partial charge is 0.165 e. The van der Waals surface area contributed by atoms with Crippen molar-refractivity contribution in [3.05, 3.63) is 255 Å². The average Bonchev–Trinajstić information content (AvgIpc) is 1.62. The molecule has 0 bridgehead atoms. The van der Waals surface area contributed by atoms with Gasteiger partial charge in [0, 0.05) is 162 Å². The van der Waals surface area contributed by atoms with Crippen molar-refractivity contribution in [3.63, 3.8) is 0 Å². The fraction of sp³-hybridized carbons (Fsp3) is 0.231. The van der Waals surface area contributed by atoms with Gasteiger partial charge < -0.3 is 15.0 Å². The molecule has 0 amide bonds. The van der Waals surface area contributed by atoms with Crippen molar-refractivity contribution in [2.75, 3.05) is 46.0 Å². The quantitative estimate of drug-likeness (QED) is 0.0988. The predicted octanol–water partition coefficient (Wildman–Crippen LogP) is 15.0. The van der Waals surface area contributed by atoms with Gasteiger partial charge in [0.2, 0.25) is 0 Å². The molecule has 3 aromatic carbocycles. The minimum absolute atomic E-state index is 0.0671. The van der Waals surface area contributed by atoms with E-state index in [0.29, 0.717) is 57.0 Å². The highest BCUT2D eigenvalue weighted by Crippen LogP contribution is 2.42. The maximum Gasteiger partial charge on any atom is 0.165 e. The number of rotatable bonds is 10. The van der Waals surface area contributed by atoms with Gasteiger partial charge in [-0.25, -0.2) is 53.6 Å². The number of para-hydroxylation sites is 1. The molecule has 0 radical (unpaired) electrons. The summed E-state index contributed by atoms with van der Waals surface area (Å²) < 4.78 is 103. The lowest BCUT2D eigenvalue weighted by Crippen LogP contribution is -2.23. The highest BCUT2D eigenvalue weighted by Gasteiger charge is 2.34. The zero-order chi connectivity index (χ0) is 84.9. The predicted molar refractivity (Wildman–Crippen MR) is 481 cm³/mol. The third-order valence-electron chi connectivity index (χ3n) is 24.6. The van der Waals surface area contributed by atoms with Crippen molar-refractivity contribution >= 4 is 128 Å². The van der Waals surface area contributed by atoms with E-state index in [4.69, 9.17) is 19.9 Å². The van der Waals surface area contributed by atoms with Gasteiger partial charge in [0.1, 0.15) is 56.3 Å². The second-order valence-corrected chi connectivity index (χ2v) is 41.7. The molecule has 0 unspecified atom stereocenters. The fourth-order valence-electron chi connectivity index (χ4n) is 17.9. The van der Waals surface area contributed by atoms with E-state index in [0.717, 1.165) is 173 Å². The van der Waals surface area contributed by atoms with Gasteiger partial charge in [-0.15, -0.1) is 0 Å². The molecule has 125 heavy (non-hydrogen) atoms. The van der Waals surface area contributed by atoms with Crippen LogP contribution < -0.4 is 0 Å². The number of nitrogens with zero attached hydrogens (tertiary/aromatic N) is 18. The van der Waals surface area contributed by atoms with Crippen molar-refractivity contribution in [1.82, 2.24) is 108 Å². The van der Waals surface area contributed by atoms with Crippen LogP contribution in [-0.4, -0.2) is 188 Å². The summed E-state index contributed by atoms with van der Waals surface area (Å²) in [7, 11) is -11.8. The molecule has 626 valence electrons. The number of hydrogen-bond acceptors (Lipinski definition) is 22. The molecule has 4 saturated heterocycles. The lowest BCUT2D eigenvalue weighted by atomic mass is 9.96. The van der Waals surface area contributed by atoms with Crippen LogP contribution in [0.1, 0.15) is 103 Å². The van der Waals surface area contributed by atoms with Gasteiger partial charge in [0.15, 0.2) is 28.2 Å². The van der Waals surface area contributed by atoms with Gasteiger partial charge in [-0.3, -0.25) is 30.0 Å². The minimum atomic E-state index is -2.95. The first-order chi connectivity index (χ1) is 60.8. The molecular weight excluding hydrogens is 1660 g/mol. The Hall–Kier alpha value is -13.7. The van der Waals surface area contributed by atoms with Crippen LogP contribution in [0.3, 0.4) is 0 Å². The van der Waals surface area contributed by atoms with E-state index in [1.807, 2.05) is 191 Å². The zero-order valence-corrected chi connectivity index (χ0v) is 70.7. The molecule has 0 saturated carbocycles. The molecule has 24 rings (SSSR count). The van der Waals surface area contributed by atoms with Gasteiger partial charge in [-0.1, -0.05) is 72.3 Å². The van der Waals surface area contributed by atoms with Crippen LogP contribution in [0.15, 0.2) is 226 Å². The summed E-state index contributed by atoms with van der Waals surface area (Å²) in [4.78, 5) is 52.5. The van der Waals surface area contributed by atoms with E-state index in [1.165, 1.54) is 5.56 Å². The molecule has 0 spiro atoms. The second kappa shape index (κ2) is 31.6. The summed E-state index contributed by atoms with van der Waals surface area (Å²) in [5, 5.41) is 31.5. The Bertz CT molecular complexity index is 7800. The lowest BCUT2D eigenvalue weighted by Gasteiger charge is -2.22. The van der Waals surface area contributed by atoms with E-state index in [1.54, 1.807) is 29.3 Å². The number of pyridine rings is 5. The van der Waals surface area contributed by atoms with Crippen LogP contribution in [0, 0.1) is 6.92 Å². The van der Waals surface area contributed by atoms with Crippen molar-refractivity contribution in [2.45, 2.75) is 82.0 Å². The number of aromatic amines is 4. The summed E-state index contributed by atoms with van der Waals surface area (Å²) >= 11 is 0. The molecule has 30 nitrogen and oxygen atoms in total. The third-order valence-corrected chi connectivity index (χ3v) is 31.5. The fourth-order valence-corrected chi connectivity index (χ4v) is 23.9. The molecule has 4 fully saturated rings.